The maximum atomic E-state index is 12.2. The molecule has 0 aliphatic heterocycles. The van der Waals surface area contributed by atoms with Crippen molar-refractivity contribution in [2.24, 2.45) is 11.8 Å². The van der Waals surface area contributed by atoms with Crippen LogP contribution in [0.25, 0.3) is 0 Å². The maximum absolute atomic E-state index is 12.2. The molecule has 0 radical (unpaired) electrons. The summed E-state index contributed by atoms with van der Waals surface area (Å²) >= 11 is 0. The van der Waals surface area contributed by atoms with E-state index in [9.17, 15) is 9.59 Å². The van der Waals surface area contributed by atoms with Crippen LogP contribution < -0.4 is 10.6 Å². The fourth-order valence-corrected chi connectivity index (χ4v) is 2.99. The monoisotopic (exact) mass is 301 g/mol. The molecule has 5 heteroatoms. The van der Waals surface area contributed by atoms with Crippen molar-refractivity contribution in [2.75, 3.05) is 0 Å². The summed E-state index contributed by atoms with van der Waals surface area (Å²) in [5.74, 6) is 0.413. The number of rotatable bonds is 5. The van der Waals surface area contributed by atoms with Crippen LogP contribution in [0.4, 0.5) is 0 Å². The molecule has 2 fully saturated rings. The predicted molar refractivity (Wildman–Crippen MR) is 82.7 cm³/mol. The third kappa shape index (κ3) is 4.06. The van der Waals surface area contributed by atoms with E-state index in [4.69, 9.17) is 0 Å². The molecule has 0 aromatic carbocycles. The lowest BCUT2D eigenvalue weighted by atomic mass is 9.81. The first-order valence-corrected chi connectivity index (χ1v) is 8.20. The van der Waals surface area contributed by atoms with Gasteiger partial charge in [0.1, 0.15) is 0 Å². The lowest BCUT2D eigenvalue weighted by molar-refractivity contribution is -0.130. The third-order valence-corrected chi connectivity index (χ3v) is 4.56. The first-order valence-electron chi connectivity index (χ1n) is 8.20. The second-order valence-corrected chi connectivity index (χ2v) is 6.37. The molecular formula is C17H23N3O2. The van der Waals surface area contributed by atoms with Gasteiger partial charge in [0.25, 0.3) is 0 Å². The number of pyridine rings is 1. The number of carbonyl (C=O) groups excluding carboxylic acids is 2. The first kappa shape index (κ1) is 15.0. The van der Waals surface area contributed by atoms with E-state index >= 15 is 0 Å². The SMILES string of the molecule is O=C(NCc1ccccn1)C1CCC(C(=O)NC2CC2)CC1. The summed E-state index contributed by atoms with van der Waals surface area (Å²) in [6.07, 6.45) is 7.22. The first-order chi connectivity index (χ1) is 10.7. The van der Waals surface area contributed by atoms with Gasteiger partial charge in [-0.3, -0.25) is 14.6 Å². The Bertz CT molecular complexity index is 520. The van der Waals surface area contributed by atoms with E-state index in [0.717, 1.165) is 44.2 Å². The molecule has 3 rings (SSSR count). The fourth-order valence-electron chi connectivity index (χ4n) is 2.99. The molecule has 22 heavy (non-hydrogen) atoms. The summed E-state index contributed by atoms with van der Waals surface area (Å²) in [6, 6.07) is 6.10. The second-order valence-electron chi connectivity index (χ2n) is 6.37. The molecule has 2 N–H and O–H groups in total. The quantitative estimate of drug-likeness (QED) is 0.871. The molecule has 0 unspecified atom stereocenters. The predicted octanol–water partition coefficient (Wildman–Crippen LogP) is 1.78. The summed E-state index contributed by atoms with van der Waals surface area (Å²) in [5.41, 5.74) is 0.869. The largest absolute Gasteiger partial charge is 0.353 e. The normalized spacial score (nSPS) is 24.5. The Labute approximate surface area is 130 Å². The number of nitrogens with zero attached hydrogens (tertiary/aromatic N) is 1. The number of hydrogen-bond acceptors (Lipinski definition) is 3. The van der Waals surface area contributed by atoms with Crippen molar-refractivity contribution in [1.82, 2.24) is 15.6 Å². The van der Waals surface area contributed by atoms with Crippen LogP contribution in [0.5, 0.6) is 0 Å². The van der Waals surface area contributed by atoms with Gasteiger partial charge in [0.15, 0.2) is 0 Å². The molecule has 1 heterocycles. The molecule has 2 amide bonds. The van der Waals surface area contributed by atoms with Crippen LogP contribution in [0.15, 0.2) is 24.4 Å². The maximum Gasteiger partial charge on any atom is 0.223 e. The van der Waals surface area contributed by atoms with E-state index in [1.54, 1.807) is 6.20 Å². The minimum absolute atomic E-state index is 0.0358. The summed E-state index contributed by atoms with van der Waals surface area (Å²) in [6.45, 7) is 0.474. The third-order valence-electron chi connectivity index (χ3n) is 4.56. The number of aromatic nitrogens is 1. The highest BCUT2D eigenvalue weighted by Gasteiger charge is 2.32. The zero-order valence-corrected chi connectivity index (χ0v) is 12.8. The molecule has 5 nitrogen and oxygen atoms in total. The molecular weight excluding hydrogens is 278 g/mol. The van der Waals surface area contributed by atoms with E-state index in [-0.39, 0.29) is 23.7 Å². The second kappa shape index (κ2) is 6.90. The van der Waals surface area contributed by atoms with Gasteiger partial charge >= 0.3 is 0 Å². The number of amides is 2. The molecule has 2 aliphatic carbocycles. The Morgan fingerprint density at radius 3 is 2.27 bits per heavy atom. The van der Waals surface area contributed by atoms with Crippen molar-refractivity contribution >= 4 is 11.8 Å². The molecule has 2 aliphatic rings. The van der Waals surface area contributed by atoms with Crippen LogP contribution in [0.1, 0.15) is 44.2 Å². The minimum atomic E-state index is 0.0358. The van der Waals surface area contributed by atoms with Gasteiger partial charge < -0.3 is 10.6 Å². The van der Waals surface area contributed by atoms with Gasteiger partial charge in [-0.25, -0.2) is 0 Å². The Kier molecular flexibility index (Phi) is 4.71. The topological polar surface area (TPSA) is 71.1 Å². The van der Waals surface area contributed by atoms with Crippen molar-refractivity contribution in [3.63, 3.8) is 0 Å². The van der Waals surface area contributed by atoms with E-state index in [2.05, 4.69) is 15.6 Å². The van der Waals surface area contributed by atoms with Crippen LogP contribution in [0.2, 0.25) is 0 Å². The zero-order valence-electron chi connectivity index (χ0n) is 12.8. The molecule has 2 saturated carbocycles. The van der Waals surface area contributed by atoms with E-state index in [0.29, 0.717) is 12.6 Å². The Morgan fingerprint density at radius 2 is 1.68 bits per heavy atom. The molecule has 0 bridgehead atoms. The van der Waals surface area contributed by atoms with Crippen molar-refractivity contribution < 1.29 is 9.59 Å². The summed E-state index contributed by atoms with van der Waals surface area (Å²) in [5, 5.41) is 6.02. The average Bonchev–Trinajstić information content (AvgIpc) is 3.37. The number of carbonyl (C=O) groups is 2. The summed E-state index contributed by atoms with van der Waals surface area (Å²) in [7, 11) is 0. The van der Waals surface area contributed by atoms with Gasteiger partial charge in [-0.15, -0.1) is 0 Å². The summed E-state index contributed by atoms with van der Waals surface area (Å²) < 4.78 is 0. The highest BCUT2D eigenvalue weighted by molar-refractivity contribution is 5.81. The standard InChI is InChI=1S/C17H23N3O2/c21-16(19-11-15-3-1-2-10-18-15)12-4-6-13(7-5-12)17(22)20-14-8-9-14/h1-3,10,12-14H,4-9,11H2,(H,19,21)(H,20,22). The van der Waals surface area contributed by atoms with Gasteiger partial charge in [0.2, 0.25) is 11.8 Å². The highest BCUT2D eigenvalue weighted by atomic mass is 16.2. The highest BCUT2D eigenvalue weighted by Crippen LogP contribution is 2.30. The van der Waals surface area contributed by atoms with Crippen LogP contribution >= 0.6 is 0 Å². The van der Waals surface area contributed by atoms with Crippen molar-refractivity contribution in [3.8, 4) is 0 Å². The molecule has 1 aromatic heterocycles. The Balaban J connectivity index is 1.40. The van der Waals surface area contributed by atoms with Crippen LogP contribution in [0, 0.1) is 11.8 Å². The number of hydrogen-bond donors (Lipinski definition) is 2. The Morgan fingerprint density at radius 1 is 1.00 bits per heavy atom. The van der Waals surface area contributed by atoms with Gasteiger partial charge in [-0.05, 0) is 50.7 Å². The van der Waals surface area contributed by atoms with Crippen molar-refractivity contribution in [3.05, 3.63) is 30.1 Å². The lowest BCUT2D eigenvalue weighted by Gasteiger charge is -2.27. The lowest BCUT2D eigenvalue weighted by Crippen LogP contribution is -2.38. The van der Waals surface area contributed by atoms with Crippen LogP contribution in [0.3, 0.4) is 0 Å². The van der Waals surface area contributed by atoms with Gasteiger partial charge in [-0.1, -0.05) is 6.07 Å². The van der Waals surface area contributed by atoms with Gasteiger partial charge in [-0.2, -0.15) is 0 Å². The van der Waals surface area contributed by atoms with Gasteiger partial charge in [0, 0.05) is 24.1 Å². The molecule has 0 spiro atoms. The van der Waals surface area contributed by atoms with E-state index in [1.807, 2.05) is 18.2 Å². The molecule has 0 saturated heterocycles. The van der Waals surface area contributed by atoms with E-state index in [1.165, 1.54) is 0 Å². The molecule has 118 valence electrons. The summed E-state index contributed by atoms with van der Waals surface area (Å²) in [4.78, 5) is 28.4. The minimum Gasteiger partial charge on any atom is -0.353 e. The van der Waals surface area contributed by atoms with Crippen molar-refractivity contribution in [2.45, 2.75) is 51.1 Å². The fraction of sp³-hybridized carbons (Fsp3) is 0.588. The smallest absolute Gasteiger partial charge is 0.223 e. The molecule has 0 atom stereocenters. The van der Waals surface area contributed by atoms with E-state index < -0.39 is 0 Å². The van der Waals surface area contributed by atoms with Gasteiger partial charge in [0.05, 0.1) is 12.2 Å². The van der Waals surface area contributed by atoms with Crippen LogP contribution in [-0.2, 0) is 16.1 Å². The number of nitrogens with one attached hydrogen (secondary N) is 2. The van der Waals surface area contributed by atoms with Crippen molar-refractivity contribution in [1.29, 1.82) is 0 Å². The zero-order chi connectivity index (χ0) is 15.4. The molecule has 1 aromatic rings. The average molecular weight is 301 g/mol. The van der Waals surface area contributed by atoms with Crippen LogP contribution in [-0.4, -0.2) is 22.8 Å². The Hall–Kier alpha value is -1.91.